The zero-order chi connectivity index (χ0) is 18.7. The number of carbonyl (C=O) groups excluding carboxylic acids is 1. The number of aromatic nitrogens is 1. The molecule has 0 amide bonds. The second kappa shape index (κ2) is 8.10. The third kappa shape index (κ3) is 3.71. The van der Waals surface area contributed by atoms with Gasteiger partial charge >= 0.3 is 0 Å². The summed E-state index contributed by atoms with van der Waals surface area (Å²) in [7, 11) is 0. The Morgan fingerprint density at radius 2 is 2.19 bits per heavy atom. The lowest BCUT2D eigenvalue weighted by Gasteiger charge is -2.17. The molecule has 0 fully saturated rings. The van der Waals surface area contributed by atoms with Gasteiger partial charge in [-0.3, -0.25) is 4.79 Å². The van der Waals surface area contributed by atoms with Crippen LogP contribution in [0.1, 0.15) is 35.0 Å². The number of nitrogens with zero attached hydrogens (tertiary/aromatic N) is 1. The molecule has 2 aromatic rings. The molecule has 1 aliphatic rings. The maximum atomic E-state index is 14.4. The first-order valence-electron chi connectivity index (χ1n) is 8.79. The van der Waals surface area contributed by atoms with Crippen LogP contribution < -0.4 is 10.5 Å². The van der Waals surface area contributed by atoms with Gasteiger partial charge in [0.2, 0.25) is 5.78 Å². The number of allylic oxidation sites excluding steroid dienone is 2. The minimum Gasteiger partial charge on any atom is -0.494 e. The summed E-state index contributed by atoms with van der Waals surface area (Å²) in [5, 5.41) is 1.06. The van der Waals surface area contributed by atoms with Gasteiger partial charge in [-0.1, -0.05) is 17.8 Å². The molecule has 26 heavy (non-hydrogen) atoms. The van der Waals surface area contributed by atoms with Crippen LogP contribution in [0, 0.1) is 12.7 Å². The molecule has 0 unspecified atom stereocenters. The number of rotatable bonds is 7. The molecule has 138 valence electrons. The second-order valence-electron chi connectivity index (χ2n) is 6.19. The highest BCUT2D eigenvalue weighted by atomic mass is 32.2. The number of ketones is 1. The van der Waals surface area contributed by atoms with Crippen molar-refractivity contribution in [2.75, 3.05) is 13.2 Å². The maximum absolute atomic E-state index is 14.4. The van der Waals surface area contributed by atoms with Gasteiger partial charge in [0, 0.05) is 18.3 Å². The summed E-state index contributed by atoms with van der Waals surface area (Å²) in [5.41, 5.74) is 8.07. The first kappa shape index (κ1) is 18.7. The van der Waals surface area contributed by atoms with Crippen molar-refractivity contribution in [3.8, 4) is 5.75 Å². The molecular formula is C20H23FN2O2S. The third-order valence-electron chi connectivity index (χ3n) is 4.35. The van der Waals surface area contributed by atoms with Crippen LogP contribution in [0.3, 0.4) is 0 Å². The van der Waals surface area contributed by atoms with Crippen LogP contribution in [0.25, 0.3) is 0 Å². The molecule has 0 atom stereocenters. The normalized spacial score (nSPS) is 13.3. The summed E-state index contributed by atoms with van der Waals surface area (Å²) in [5.74, 6) is -0.409. The number of Topliss-reactive ketones (excluding diaryl/α,β-unsaturated/α-hetero) is 1. The highest BCUT2D eigenvalue weighted by Crippen LogP contribution is 2.39. The van der Waals surface area contributed by atoms with Gasteiger partial charge in [0.15, 0.2) is 0 Å². The zero-order valence-electron chi connectivity index (χ0n) is 15.0. The minimum atomic E-state index is -0.553. The van der Waals surface area contributed by atoms with Crippen LogP contribution in [0.5, 0.6) is 5.75 Å². The Morgan fingerprint density at radius 3 is 2.88 bits per heavy atom. The lowest BCUT2D eigenvalue weighted by Crippen LogP contribution is -2.11. The summed E-state index contributed by atoms with van der Waals surface area (Å²) in [6, 6.07) is 6.55. The number of aryl methyl sites for hydroxylation is 1. The Hall–Kier alpha value is -2.05. The summed E-state index contributed by atoms with van der Waals surface area (Å²) >= 11 is 1.42. The molecule has 4 nitrogen and oxygen atoms in total. The molecule has 1 aliphatic heterocycles. The van der Waals surface area contributed by atoms with Crippen molar-refractivity contribution in [1.29, 1.82) is 0 Å². The van der Waals surface area contributed by atoms with Gasteiger partial charge in [-0.05, 0) is 57.0 Å². The number of hydrogen-bond acceptors (Lipinski definition) is 4. The van der Waals surface area contributed by atoms with E-state index >= 15 is 0 Å². The lowest BCUT2D eigenvalue weighted by molar-refractivity contribution is 0.103. The molecule has 0 spiro atoms. The second-order valence-corrected chi connectivity index (χ2v) is 7.22. The molecule has 0 radical (unpaired) electrons. The Balaban J connectivity index is 1.83. The van der Waals surface area contributed by atoms with Gasteiger partial charge in [0.1, 0.15) is 11.6 Å². The quantitative estimate of drug-likeness (QED) is 0.742. The smallest absolute Gasteiger partial charge is 0.202 e. The van der Waals surface area contributed by atoms with Gasteiger partial charge in [-0.15, -0.1) is 0 Å². The van der Waals surface area contributed by atoms with Crippen LogP contribution >= 0.6 is 11.8 Å². The topological polar surface area (TPSA) is 57.2 Å². The minimum absolute atomic E-state index is 0.0763. The van der Waals surface area contributed by atoms with Gasteiger partial charge in [0.25, 0.3) is 0 Å². The molecule has 1 aromatic carbocycles. The predicted molar refractivity (Wildman–Crippen MR) is 102 cm³/mol. The van der Waals surface area contributed by atoms with Crippen molar-refractivity contribution in [2.24, 2.45) is 5.73 Å². The van der Waals surface area contributed by atoms with E-state index in [2.05, 4.69) is 17.6 Å². The number of benzene rings is 1. The third-order valence-corrected chi connectivity index (χ3v) is 5.60. The molecule has 3 rings (SSSR count). The number of thioether (sulfide) groups is 1. The fourth-order valence-corrected chi connectivity index (χ4v) is 4.27. The average Bonchev–Trinajstić information content (AvgIpc) is 2.94. The number of hydrogen-bond donors (Lipinski definition) is 1. The fourth-order valence-electron chi connectivity index (χ4n) is 3.08. The number of halogens is 1. The summed E-state index contributed by atoms with van der Waals surface area (Å²) in [4.78, 5) is 13.4. The lowest BCUT2D eigenvalue weighted by atomic mass is 10.1. The van der Waals surface area contributed by atoms with Crippen LogP contribution in [-0.4, -0.2) is 23.5 Å². The maximum Gasteiger partial charge on any atom is 0.202 e. The van der Waals surface area contributed by atoms with Gasteiger partial charge in [0.05, 0.1) is 22.1 Å². The highest BCUT2D eigenvalue weighted by Gasteiger charge is 2.24. The van der Waals surface area contributed by atoms with Crippen molar-refractivity contribution in [1.82, 2.24) is 4.57 Å². The fraction of sp³-hybridized carbons (Fsp3) is 0.350. The number of nitrogens with two attached hydrogens (primary N) is 1. The van der Waals surface area contributed by atoms with Crippen LogP contribution in [0.15, 0.2) is 40.3 Å². The Morgan fingerprint density at radius 1 is 1.38 bits per heavy atom. The molecular weight excluding hydrogens is 351 g/mol. The number of fused-ring (bicyclic) bond motifs is 1. The molecule has 0 aliphatic carbocycles. The SMILES string of the molecule is CCOc1ccc(C(=O)C2=CCc3cc(C)n(CCCN)c3S2)c(F)c1. The summed E-state index contributed by atoms with van der Waals surface area (Å²) in [6.45, 7) is 5.79. The van der Waals surface area contributed by atoms with Crippen molar-refractivity contribution < 1.29 is 13.9 Å². The Labute approximate surface area is 157 Å². The van der Waals surface area contributed by atoms with E-state index in [9.17, 15) is 9.18 Å². The number of ether oxygens (including phenoxy) is 1. The van der Waals surface area contributed by atoms with E-state index in [4.69, 9.17) is 10.5 Å². The molecule has 2 heterocycles. The van der Waals surface area contributed by atoms with E-state index in [1.165, 1.54) is 29.5 Å². The molecule has 6 heteroatoms. The molecule has 0 saturated heterocycles. The zero-order valence-corrected chi connectivity index (χ0v) is 15.9. The van der Waals surface area contributed by atoms with Crippen molar-refractivity contribution >= 4 is 17.5 Å². The molecule has 0 saturated carbocycles. The van der Waals surface area contributed by atoms with Gasteiger partial charge < -0.3 is 15.0 Å². The molecule has 0 bridgehead atoms. The number of carbonyl (C=O) groups is 1. The summed E-state index contributed by atoms with van der Waals surface area (Å²) in [6.07, 6.45) is 3.44. The van der Waals surface area contributed by atoms with E-state index in [0.29, 0.717) is 30.2 Å². The standard InChI is InChI=1S/C20H23FN2O2S/c1-3-25-15-6-7-16(17(21)12-15)19(24)18-8-5-14-11-13(2)23(10-4-9-22)20(14)26-18/h6-8,11-12H,3-5,9-10,22H2,1-2H3. The first-order valence-corrected chi connectivity index (χ1v) is 9.61. The predicted octanol–water partition coefficient (Wildman–Crippen LogP) is 4.10. The Kier molecular flexibility index (Phi) is 5.84. The average molecular weight is 374 g/mol. The highest BCUT2D eigenvalue weighted by molar-refractivity contribution is 8.04. The van der Waals surface area contributed by atoms with Crippen LogP contribution in [-0.2, 0) is 13.0 Å². The van der Waals surface area contributed by atoms with Crippen LogP contribution in [0.2, 0.25) is 0 Å². The first-order chi connectivity index (χ1) is 12.5. The Bertz CT molecular complexity index is 858. The van der Waals surface area contributed by atoms with Crippen molar-refractivity contribution in [3.05, 3.63) is 57.9 Å². The van der Waals surface area contributed by atoms with Crippen molar-refractivity contribution in [3.63, 3.8) is 0 Å². The van der Waals surface area contributed by atoms with E-state index in [0.717, 1.165) is 23.7 Å². The van der Waals surface area contributed by atoms with Crippen LogP contribution in [0.4, 0.5) is 4.39 Å². The van der Waals surface area contributed by atoms with Gasteiger partial charge in [-0.2, -0.15) is 0 Å². The van der Waals surface area contributed by atoms with Crippen molar-refractivity contribution in [2.45, 2.75) is 38.3 Å². The van der Waals surface area contributed by atoms with E-state index in [-0.39, 0.29) is 11.3 Å². The largest absolute Gasteiger partial charge is 0.494 e. The molecule has 1 aromatic heterocycles. The van der Waals surface area contributed by atoms with E-state index in [1.54, 1.807) is 6.07 Å². The van der Waals surface area contributed by atoms with E-state index in [1.807, 2.05) is 13.0 Å². The van der Waals surface area contributed by atoms with Gasteiger partial charge in [-0.25, -0.2) is 4.39 Å². The summed E-state index contributed by atoms with van der Waals surface area (Å²) < 4.78 is 21.8. The molecule has 2 N–H and O–H groups in total. The monoisotopic (exact) mass is 374 g/mol. The van der Waals surface area contributed by atoms with E-state index < -0.39 is 5.82 Å².